The molecule has 0 spiro atoms. The van der Waals surface area contributed by atoms with E-state index >= 15 is 0 Å². The molecule has 0 heterocycles. The molecule has 0 bridgehead atoms. The maximum atomic E-state index is 12.6. The number of alkyl halides is 3. The molecule has 88 valence electrons. The van der Waals surface area contributed by atoms with E-state index in [0.717, 1.165) is 19.2 Å². The van der Waals surface area contributed by atoms with Crippen molar-refractivity contribution < 1.29 is 22.7 Å². The van der Waals surface area contributed by atoms with Crippen molar-refractivity contribution in [2.45, 2.75) is 6.18 Å². The minimum atomic E-state index is -4.77. The zero-order valence-electron chi connectivity index (χ0n) is 8.06. The van der Waals surface area contributed by atoms with E-state index < -0.39 is 28.2 Å². The Hall–Kier alpha value is -1.43. The van der Waals surface area contributed by atoms with Gasteiger partial charge in [-0.05, 0) is 12.1 Å². The van der Waals surface area contributed by atoms with Gasteiger partial charge in [-0.25, -0.2) is 0 Å². The number of halogens is 4. The summed E-state index contributed by atoms with van der Waals surface area (Å²) in [7, 11) is 1.13. The standard InChI is InChI=1S/C9H7ClF3NO2/c1-16-5-3-2-4(10)7(9(11,12)13)6(5)8(14)15/h2-3H,1H3,(H2,14,15). The van der Waals surface area contributed by atoms with E-state index in [-0.39, 0.29) is 5.75 Å². The van der Waals surface area contributed by atoms with Crippen LogP contribution in [0.25, 0.3) is 0 Å². The van der Waals surface area contributed by atoms with Crippen LogP contribution in [-0.2, 0) is 6.18 Å². The second kappa shape index (κ2) is 4.21. The number of carbonyl (C=O) groups excluding carboxylic acids is 1. The molecule has 0 atom stereocenters. The number of rotatable bonds is 2. The number of ether oxygens (including phenoxy) is 1. The number of primary amides is 1. The highest BCUT2D eigenvalue weighted by atomic mass is 35.5. The van der Waals surface area contributed by atoms with Crippen LogP contribution >= 0.6 is 11.6 Å². The second-order valence-electron chi connectivity index (χ2n) is 2.86. The molecule has 1 amide bonds. The first kappa shape index (κ1) is 12.6. The highest BCUT2D eigenvalue weighted by Crippen LogP contribution is 2.40. The van der Waals surface area contributed by atoms with E-state index in [1.54, 1.807) is 0 Å². The highest BCUT2D eigenvalue weighted by molar-refractivity contribution is 6.32. The molecule has 0 aliphatic heterocycles. The number of hydrogen-bond donors (Lipinski definition) is 1. The van der Waals surface area contributed by atoms with E-state index in [1.165, 1.54) is 0 Å². The topological polar surface area (TPSA) is 52.3 Å². The molecule has 0 aliphatic rings. The minimum Gasteiger partial charge on any atom is -0.496 e. The van der Waals surface area contributed by atoms with Crippen molar-refractivity contribution in [3.63, 3.8) is 0 Å². The summed E-state index contributed by atoms with van der Waals surface area (Å²) in [5.41, 5.74) is 2.84. The number of methoxy groups -OCH3 is 1. The van der Waals surface area contributed by atoms with Gasteiger partial charge >= 0.3 is 6.18 Å². The Bertz CT molecular complexity index is 431. The predicted octanol–water partition coefficient (Wildman–Crippen LogP) is 2.47. The van der Waals surface area contributed by atoms with E-state index in [4.69, 9.17) is 17.3 Å². The summed E-state index contributed by atoms with van der Waals surface area (Å²) in [6.45, 7) is 0. The van der Waals surface area contributed by atoms with Gasteiger partial charge in [-0.15, -0.1) is 0 Å². The lowest BCUT2D eigenvalue weighted by Crippen LogP contribution is -2.20. The summed E-state index contributed by atoms with van der Waals surface area (Å²) < 4.78 is 42.6. The average molecular weight is 254 g/mol. The van der Waals surface area contributed by atoms with Crippen molar-refractivity contribution in [2.75, 3.05) is 7.11 Å². The molecule has 2 N–H and O–H groups in total. The molecule has 3 nitrogen and oxygen atoms in total. The zero-order chi connectivity index (χ0) is 12.5. The molecule has 0 aromatic heterocycles. The Kier molecular flexibility index (Phi) is 3.32. The first-order chi connectivity index (χ1) is 7.29. The number of amides is 1. The van der Waals surface area contributed by atoms with Gasteiger partial charge in [0, 0.05) is 0 Å². The van der Waals surface area contributed by atoms with Crippen LogP contribution in [0.15, 0.2) is 12.1 Å². The number of carbonyl (C=O) groups is 1. The van der Waals surface area contributed by atoms with Gasteiger partial charge in [0.15, 0.2) is 0 Å². The van der Waals surface area contributed by atoms with Gasteiger partial charge in [0.2, 0.25) is 0 Å². The Labute approximate surface area is 93.9 Å². The molecule has 0 fully saturated rings. The largest absolute Gasteiger partial charge is 0.496 e. The SMILES string of the molecule is COc1ccc(Cl)c(C(F)(F)F)c1C(N)=O. The molecule has 1 aromatic carbocycles. The molecular formula is C9H7ClF3NO2. The molecule has 1 aromatic rings. The third-order valence-corrected chi connectivity index (χ3v) is 2.18. The average Bonchev–Trinajstić information content (AvgIpc) is 2.15. The summed E-state index contributed by atoms with van der Waals surface area (Å²) in [4.78, 5) is 11.0. The van der Waals surface area contributed by atoms with Crippen LogP contribution in [0, 0.1) is 0 Å². The van der Waals surface area contributed by atoms with Crippen LogP contribution in [0.2, 0.25) is 5.02 Å². The monoisotopic (exact) mass is 253 g/mol. The van der Waals surface area contributed by atoms with Crippen LogP contribution in [-0.4, -0.2) is 13.0 Å². The fourth-order valence-corrected chi connectivity index (χ4v) is 1.51. The lowest BCUT2D eigenvalue weighted by molar-refractivity contribution is -0.137. The van der Waals surface area contributed by atoms with E-state index in [1.807, 2.05) is 0 Å². The van der Waals surface area contributed by atoms with Gasteiger partial charge in [-0.3, -0.25) is 4.79 Å². The number of hydrogen-bond acceptors (Lipinski definition) is 2. The van der Waals surface area contributed by atoms with Crippen molar-refractivity contribution in [3.8, 4) is 5.75 Å². The fourth-order valence-electron chi connectivity index (χ4n) is 1.25. The van der Waals surface area contributed by atoms with Crippen LogP contribution < -0.4 is 10.5 Å². The van der Waals surface area contributed by atoms with Crippen molar-refractivity contribution >= 4 is 17.5 Å². The van der Waals surface area contributed by atoms with Crippen molar-refractivity contribution in [1.82, 2.24) is 0 Å². The fraction of sp³-hybridized carbons (Fsp3) is 0.222. The highest BCUT2D eigenvalue weighted by Gasteiger charge is 2.39. The quantitative estimate of drug-likeness (QED) is 0.880. The minimum absolute atomic E-state index is 0.260. The molecule has 7 heteroatoms. The van der Waals surface area contributed by atoms with E-state index in [9.17, 15) is 18.0 Å². The Morgan fingerprint density at radius 3 is 2.38 bits per heavy atom. The third-order valence-electron chi connectivity index (χ3n) is 1.87. The molecule has 0 saturated heterocycles. The maximum absolute atomic E-state index is 12.6. The molecule has 0 aliphatic carbocycles. The molecule has 0 unspecified atom stereocenters. The molecule has 0 saturated carbocycles. The van der Waals surface area contributed by atoms with Crippen LogP contribution in [0.5, 0.6) is 5.75 Å². The molecule has 1 rings (SSSR count). The molecule has 0 radical (unpaired) electrons. The van der Waals surface area contributed by atoms with Crippen molar-refractivity contribution in [2.24, 2.45) is 5.73 Å². The summed E-state index contributed by atoms with van der Waals surface area (Å²) in [5, 5.41) is -0.595. The van der Waals surface area contributed by atoms with Gasteiger partial charge < -0.3 is 10.5 Å². The smallest absolute Gasteiger partial charge is 0.418 e. The van der Waals surface area contributed by atoms with Crippen molar-refractivity contribution in [1.29, 1.82) is 0 Å². The Balaban J connectivity index is 3.62. The van der Waals surface area contributed by atoms with Gasteiger partial charge in [0.05, 0.1) is 23.3 Å². The van der Waals surface area contributed by atoms with E-state index in [2.05, 4.69) is 4.74 Å². The second-order valence-corrected chi connectivity index (χ2v) is 3.27. The zero-order valence-corrected chi connectivity index (χ0v) is 8.82. The third kappa shape index (κ3) is 2.21. The Morgan fingerprint density at radius 1 is 1.44 bits per heavy atom. The van der Waals surface area contributed by atoms with Gasteiger partial charge in [0.25, 0.3) is 5.91 Å². The van der Waals surface area contributed by atoms with Crippen LogP contribution in [0.4, 0.5) is 13.2 Å². The normalized spacial score (nSPS) is 11.3. The summed E-state index contributed by atoms with van der Waals surface area (Å²) in [6, 6.07) is 2.15. The van der Waals surface area contributed by atoms with Gasteiger partial charge in [0.1, 0.15) is 5.75 Å². The van der Waals surface area contributed by atoms with E-state index in [0.29, 0.717) is 0 Å². The molecule has 16 heavy (non-hydrogen) atoms. The van der Waals surface area contributed by atoms with Gasteiger partial charge in [-0.1, -0.05) is 11.6 Å². The predicted molar refractivity (Wildman–Crippen MR) is 51.5 cm³/mol. The summed E-state index contributed by atoms with van der Waals surface area (Å²) >= 11 is 5.40. The first-order valence-corrected chi connectivity index (χ1v) is 4.40. The summed E-state index contributed by atoms with van der Waals surface area (Å²) in [6.07, 6.45) is -4.77. The van der Waals surface area contributed by atoms with Crippen LogP contribution in [0.1, 0.15) is 15.9 Å². The first-order valence-electron chi connectivity index (χ1n) is 4.02. The Morgan fingerprint density at radius 2 is 2.00 bits per heavy atom. The number of benzene rings is 1. The number of nitrogens with two attached hydrogens (primary N) is 1. The van der Waals surface area contributed by atoms with Crippen molar-refractivity contribution in [3.05, 3.63) is 28.3 Å². The maximum Gasteiger partial charge on any atom is 0.418 e. The van der Waals surface area contributed by atoms with Gasteiger partial charge in [-0.2, -0.15) is 13.2 Å². The van der Waals surface area contributed by atoms with Crippen LogP contribution in [0.3, 0.4) is 0 Å². The lowest BCUT2D eigenvalue weighted by Gasteiger charge is -2.15. The lowest BCUT2D eigenvalue weighted by atomic mass is 10.1. The summed E-state index contributed by atoms with van der Waals surface area (Å²) in [5.74, 6) is -1.50. The molecular weight excluding hydrogens is 247 g/mol.